The van der Waals surface area contributed by atoms with Gasteiger partial charge in [-0.2, -0.15) is 0 Å². The summed E-state index contributed by atoms with van der Waals surface area (Å²) in [5.74, 6) is 0.925. The maximum absolute atomic E-state index is 5.37. The number of nitrogens with zero attached hydrogens (tertiary/aromatic N) is 4. The molecule has 0 aliphatic carbocycles. The lowest BCUT2D eigenvalue weighted by molar-refractivity contribution is 1.10. The minimum atomic E-state index is 0.925. The molecule has 4 nitrogen and oxygen atoms in total. The fraction of sp³-hybridized carbons (Fsp3) is 0.0312. The Kier molecular flexibility index (Phi) is 3.84. The molecule has 0 atom stereocenters. The van der Waals surface area contributed by atoms with Crippen molar-refractivity contribution in [2.75, 3.05) is 0 Å². The van der Waals surface area contributed by atoms with E-state index >= 15 is 0 Å². The van der Waals surface area contributed by atoms with Gasteiger partial charge in [-0.3, -0.25) is 8.97 Å². The lowest BCUT2D eigenvalue weighted by atomic mass is 10.1. The first-order valence-electron chi connectivity index (χ1n) is 12.3. The molecule has 0 unspecified atom stereocenters. The second kappa shape index (κ2) is 7.09. The van der Waals surface area contributed by atoms with Crippen molar-refractivity contribution in [1.82, 2.24) is 18.5 Å². The van der Waals surface area contributed by atoms with Crippen molar-refractivity contribution in [2.45, 2.75) is 6.92 Å². The van der Waals surface area contributed by atoms with Crippen molar-refractivity contribution in [3.63, 3.8) is 0 Å². The van der Waals surface area contributed by atoms with Gasteiger partial charge in [0.1, 0.15) is 5.52 Å². The van der Waals surface area contributed by atoms with Crippen LogP contribution in [0.5, 0.6) is 0 Å². The van der Waals surface area contributed by atoms with Crippen molar-refractivity contribution in [1.29, 1.82) is 0 Å². The molecule has 8 aromatic rings. The molecule has 170 valence electrons. The maximum Gasteiger partial charge on any atom is 0.220 e. The summed E-state index contributed by atoms with van der Waals surface area (Å²) in [4.78, 5) is 5.37. The first kappa shape index (κ1) is 19.5. The highest BCUT2D eigenvalue weighted by atomic mass is 15.2. The number of benzene rings is 5. The first-order valence-corrected chi connectivity index (χ1v) is 12.3. The lowest BCUT2D eigenvalue weighted by Crippen LogP contribution is -1.96. The third-order valence-corrected chi connectivity index (χ3v) is 7.28. The molecule has 3 aromatic heterocycles. The molecule has 0 amide bonds. The zero-order valence-electron chi connectivity index (χ0n) is 19.8. The Morgan fingerprint density at radius 1 is 0.528 bits per heavy atom. The largest absolute Gasteiger partial charge is 0.307 e. The van der Waals surface area contributed by atoms with Crippen LogP contribution in [0.25, 0.3) is 61.0 Å². The Labute approximate surface area is 207 Å². The Hall–Kier alpha value is -4.83. The highest BCUT2D eigenvalue weighted by Gasteiger charge is 2.21. The van der Waals surface area contributed by atoms with E-state index in [0.29, 0.717) is 0 Å². The molecule has 8 rings (SSSR count). The summed E-state index contributed by atoms with van der Waals surface area (Å²) >= 11 is 0. The fourth-order valence-corrected chi connectivity index (χ4v) is 5.78. The van der Waals surface area contributed by atoms with E-state index in [9.17, 15) is 0 Å². The van der Waals surface area contributed by atoms with Gasteiger partial charge in [-0.15, -0.1) is 0 Å². The molecular weight excluding hydrogens is 440 g/mol. The van der Waals surface area contributed by atoms with Gasteiger partial charge in [-0.05, 0) is 67.1 Å². The number of aromatic nitrogens is 4. The predicted octanol–water partition coefficient (Wildman–Crippen LogP) is 7.84. The van der Waals surface area contributed by atoms with Gasteiger partial charge in [-0.25, -0.2) is 4.98 Å². The SMILES string of the molecule is Cc1cccc(-n2c3ccccc3n3c4ccc5c6ccccc6n(-c6ccccc6)c5c4nc23)c1. The summed E-state index contributed by atoms with van der Waals surface area (Å²) in [5, 5.41) is 2.46. The highest BCUT2D eigenvalue weighted by Crippen LogP contribution is 2.38. The summed E-state index contributed by atoms with van der Waals surface area (Å²) in [5.41, 5.74) is 10.2. The van der Waals surface area contributed by atoms with Crippen LogP contribution in [0.3, 0.4) is 0 Å². The van der Waals surface area contributed by atoms with Gasteiger partial charge < -0.3 is 4.57 Å². The van der Waals surface area contributed by atoms with Crippen LogP contribution >= 0.6 is 0 Å². The van der Waals surface area contributed by atoms with Gasteiger partial charge >= 0.3 is 0 Å². The van der Waals surface area contributed by atoms with E-state index in [2.05, 4.69) is 136 Å². The van der Waals surface area contributed by atoms with Crippen molar-refractivity contribution in [2.24, 2.45) is 0 Å². The molecule has 3 heterocycles. The van der Waals surface area contributed by atoms with Crippen LogP contribution in [-0.4, -0.2) is 18.5 Å². The summed E-state index contributed by atoms with van der Waals surface area (Å²) in [6, 6.07) is 40.9. The first-order chi connectivity index (χ1) is 17.8. The number of rotatable bonds is 2. The van der Waals surface area contributed by atoms with Gasteiger partial charge in [0.25, 0.3) is 0 Å². The van der Waals surface area contributed by atoms with E-state index < -0.39 is 0 Å². The Morgan fingerprint density at radius 2 is 1.25 bits per heavy atom. The van der Waals surface area contributed by atoms with Crippen LogP contribution in [0, 0.1) is 6.92 Å². The Morgan fingerprint density at radius 3 is 2.08 bits per heavy atom. The molecule has 0 N–H and O–H groups in total. The lowest BCUT2D eigenvalue weighted by Gasteiger charge is -2.08. The van der Waals surface area contributed by atoms with E-state index in [1.165, 1.54) is 21.9 Å². The number of hydrogen-bond acceptors (Lipinski definition) is 1. The molecule has 0 aliphatic heterocycles. The normalized spacial score (nSPS) is 12.0. The molecule has 0 radical (unpaired) electrons. The van der Waals surface area contributed by atoms with E-state index in [1.807, 2.05) is 0 Å². The van der Waals surface area contributed by atoms with Crippen molar-refractivity contribution in [3.8, 4) is 11.4 Å². The highest BCUT2D eigenvalue weighted by molar-refractivity contribution is 6.18. The van der Waals surface area contributed by atoms with Crippen LogP contribution < -0.4 is 0 Å². The number of fused-ring (bicyclic) bond motifs is 9. The number of para-hydroxylation sites is 4. The maximum atomic E-state index is 5.37. The standard InChI is InChI=1S/C32H22N4/c1-21-10-9-13-23(20-21)35-27-16-7-8-17-28(27)36-29-19-18-25-24-14-5-6-15-26(24)34(22-11-3-2-4-12-22)31(25)30(29)33-32(35)36/h2-20H,1H3. The average Bonchev–Trinajstić information content (AvgIpc) is 3.56. The van der Waals surface area contributed by atoms with Gasteiger partial charge in [0.15, 0.2) is 0 Å². The zero-order chi connectivity index (χ0) is 23.8. The van der Waals surface area contributed by atoms with Gasteiger partial charge in [0.2, 0.25) is 5.78 Å². The average molecular weight is 463 g/mol. The summed E-state index contributed by atoms with van der Waals surface area (Å²) in [6.07, 6.45) is 0. The monoisotopic (exact) mass is 462 g/mol. The van der Waals surface area contributed by atoms with Gasteiger partial charge in [0.05, 0.1) is 27.6 Å². The van der Waals surface area contributed by atoms with Crippen molar-refractivity contribution >= 4 is 49.7 Å². The van der Waals surface area contributed by atoms with E-state index in [1.54, 1.807) is 0 Å². The molecule has 0 saturated carbocycles. The predicted molar refractivity (Wildman–Crippen MR) is 149 cm³/mol. The molecule has 0 fully saturated rings. The quantitative estimate of drug-likeness (QED) is 0.257. The molecule has 0 spiro atoms. The smallest absolute Gasteiger partial charge is 0.220 e. The van der Waals surface area contributed by atoms with Crippen molar-refractivity contribution in [3.05, 3.63) is 121 Å². The van der Waals surface area contributed by atoms with Crippen LogP contribution in [0.2, 0.25) is 0 Å². The van der Waals surface area contributed by atoms with Crippen LogP contribution in [0.4, 0.5) is 0 Å². The summed E-state index contributed by atoms with van der Waals surface area (Å²) < 4.78 is 6.95. The van der Waals surface area contributed by atoms with Crippen molar-refractivity contribution < 1.29 is 0 Å². The Bertz CT molecular complexity index is 2110. The van der Waals surface area contributed by atoms with Crippen LogP contribution in [-0.2, 0) is 0 Å². The molecule has 0 bridgehead atoms. The minimum absolute atomic E-state index is 0.925. The fourth-order valence-electron chi connectivity index (χ4n) is 5.78. The molecule has 36 heavy (non-hydrogen) atoms. The minimum Gasteiger partial charge on any atom is -0.307 e. The summed E-state index contributed by atoms with van der Waals surface area (Å²) in [7, 11) is 0. The third kappa shape index (κ3) is 2.50. The second-order valence-corrected chi connectivity index (χ2v) is 9.43. The van der Waals surface area contributed by atoms with Gasteiger partial charge in [0, 0.05) is 22.1 Å². The number of aryl methyl sites for hydroxylation is 1. The number of imidazole rings is 2. The molecule has 0 aliphatic rings. The molecule has 0 saturated heterocycles. The molecular formula is C32H22N4. The third-order valence-electron chi connectivity index (χ3n) is 7.28. The molecule has 4 heteroatoms. The van der Waals surface area contributed by atoms with E-state index in [-0.39, 0.29) is 0 Å². The van der Waals surface area contributed by atoms with Gasteiger partial charge in [-0.1, -0.05) is 60.7 Å². The Balaban J connectivity index is 1.61. The van der Waals surface area contributed by atoms with Crippen LogP contribution in [0.15, 0.2) is 115 Å². The van der Waals surface area contributed by atoms with E-state index in [4.69, 9.17) is 4.98 Å². The van der Waals surface area contributed by atoms with E-state index in [0.717, 1.165) is 44.7 Å². The van der Waals surface area contributed by atoms with Crippen LogP contribution in [0.1, 0.15) is 5.56 Å². The zero-order valence-corrected chi connectivity index (χ0v) is 19.8. The topological polar surface area (TPSA) is 27.2 Å². The second-order valence-electron chi connectivity index (χ2n) is 9.43. The summed E-state index contributed by atoms with van der Waals surface area (Å²) in [6.45, 7) is 2.14. The number of hydrogen-bond donors (Lipinski definition) is 0. The molecule has 5 aromatic carbocycles.